The molecule has 1 saturated heterocycles. The Balaban J connectivity index is 1.83. The Kier molecular flexibility index (Phi) is 8.45. The summed E-state index contributed by atoms with van der Waals surface area (Å²) in [7, 11) is 0. The lowest BCUT2D eigenvalue weighted by Gasteiger charge is -2.37. The molecule has 1 aromatic heterocycles. The van der Waals surface area contributed by atoms with Crippen LogP contribution in [-0.2, 0) is 15.8 Å². The molecule has 0 aromatic carbocycles. The van der Waals surface area contributed by atoms with Gasteiger partial charge in [0.15, 0.2) is 6.61 Å². The highest BCUT2D eigenvalue weighted by atomic mass is 19.4. The molecule has 1 fully saturated rings. The second kappa shape index (κ2) is 10.7. The average Bonchev–Trinajstić information content (AvgIpc) is 2.74. The van der Waals surface area contributed by atoms with Crippen LogP contribution < -0.4 is 4.90 Å². The van der Waals surface area contributed by atoms with Crippen LogP contribution in [0.4, 0.5) is 23.9 Å². The van der Waals surface area contributed by atoms with Gasteiger partial charge in [0, 0.05) is 44.1 Å². The van der Waals surface area contributed by atoms with E-state index in [1.807, 2.05) is 6.92 Å². The van der Waals surface area contributed by atoms with Crippen molar-refractivity contribution in [3.63, 3.8) is 0 Å². The first kappa shape index (κ1) is 26.1. The Bertz CT molecular complexity index is 834. The Morgan fingerprint density at radius 2 is 1.79 bits per heavy atom. The Morgan fingerprint density at radius 1 is 1.21 bits per heavy atom. The average molecular weight is 474 g/mol. The van der Waals surface area contributed by atoms with Crippen LogP contribution in [0.25, 0.3) is 0 Å². The van der Waals surface area contributed by atoms with Crippen LogP contribution in [0.15, 0.2) is 17.5 Å². The first-order valence-electron chi connectivity index (χ1n) is 10.4. The third-order valence-corrected chi connectivity index (χ3v) is 5.05. The normalized spacial score (nSPS) is 16.1. The van der Waals surface area contributed by atoms with Gasteiger partial charge < -0.3 is 19.7 Å². The lowest BCUT2D eigenvalue weighted by Crippen LogP contribution is -2.51. The van der Waals surface area contributed by atoms with Gasteiger partial charge in [0.05, 0.1) is 17.8 Å². The fourth-order valence-electron chi connectivity index (χ4n) is 3.36. The van der Waals surface area contributed by atoms with E-state index in [9.17, 15) is 27.9 Å². The number of rotatable bonds is 7. The topological polar surface area (TPSA) is 111 Å². The van der Waals surface area contributed by atoms with Crippen molar-refractivity contribution in [2.24, 2.45) is 5.16 Å². The first-order valence-corrected chi connectivity index (χ1v) is 10.4. The first-order chi connectivity index (χ1) is 15.3. The standard InChI is InChI=1S/C20H29F3N6O4/c1-5-15(29(18(31)32)19(2,3)4)12-26-33-13-16(30)27-6-8-28(9-7-27)17-24-10-14(11-25-17)20(21,22)23/h10-12,15H,5-9,13H2,1-4H3,(H,31,32)/b26-12+. The number of carbonyl (C=O) groups excluding carboxylic acids is 1. The summed E-state index contributed by atoms with van der Waals surface area (Å²) in [5, 5.41) is 13.3. The van der Waals surface area contributed by atoms with Crippen molar-refractivity contribution >= 4 is 24.2 Å². The van der Waals surface area contributed by atoms with Crippen molar-refractivity contribution in [3.05, 3.63) is 18.0 Å². The number of amides is 2. The van der Waals surface area contributed by atoms with E-state index in [1.165, 1.54) is 11.1 Å². The number of halogens is 3. The van der Waals surface area contributed by atoms with Crippen molar-refractivity contribution in [1.29, 1.82) is 0 Å². The van der Waals surface area contributed by atoms with Gasteiger partial charge in [-0.15, -0.1) is 0 Å². The van der Waals surface area contributed by atoms with Gasteiger partial charge in [0.25, 0.3) is 5.91 Å². The lowest BCUT2D eigenvalue weighted by atomic mass is 10.0. The number of hydrogen-bond acceptors (Lipinski definition) is 7. The number of carbonyl (C=O) groups is 2. The lowest BCUT2D eigenvalue weighted by molar-refractivity contribution is -0.138. The fourth-order valence-corrected chi connectivity index (χ4v) is 3.36. The third kappa shape index (κ3) is 7.19. The number of nitrogens with zero attached hydrogens (tertiary/aromatic N) is 6. The van der Waals surface area contributed by atoms with E-state index >= 15 is 0 Å². The zero-order valence-electron chi connectivity index (χ0n) is 19.0. The Labute approximate surface area is 190 Å². The van der Waals surface area contributed by atoms with Gasteiger partial charge in [-0.1, -0.05) is 12.1 Å². The molecular formula is C20H29F3N6O4. The smallest absolute Gasteiger partial charge is 0.419 e. The molecule has 0 spiro atoms. The van der Waals surface area contributed by atoms with Gasteiger partial charge >= 0.3 is 12.3 Å². The summed E-state index contributed by atoms with van der Waals surface area (Å²) >= 11 is 0. The van der Waals surface area contributed by atoms with Crippen LogP contribution in [-0.4, -0.2) is 87.5 Å². The molecule has 1 atom stereocenters. The highest BCUT2D eigenvalue weighted by Crippen LogP contribution is 2.28. The molecule has 10 nitrogen and oxygen atoms in total. The van der Waals surface area contributed by atoms with Crippen LogP contribution in [0, 0.1) is 0 Å². The molecule has 0 bridgehead atoms. The quantitative estimate of drug-likeness (QED) is 0.478. The Hall–Kier alpha value is -3.12. The molecular weight excluding hydrogens is 445 g/mol. The summed E-state index contributed by atoms with van der Waals surface area (Å²) in [5.41, 5.74) is -1.55. The highest BCUT2D eigenvalue weighted by molar-refractivity contribution is 5.78. The van der Waals surface area contributed by atoms with E-state index < -0.39 is 29.4 Å². The number of carboxylic acid groups (broad SMARTS) is 1. The van der Waals surface area contributed by atoms with Crippen LogP contribution in [0.5, 0.6) is 0 Å². The number of oxime groups is 1. The van der Waals surface area contributed by atoms with E-state index in [0.717, 1.165) is 12.4 Å². The van der Waals surface area contributed by atoms with Crippen LogP contribution in [0.1, 0.15) is 39.7 Å². The van der Waals surface area contributed by atoms with Crippen LogP contribution in [0.3, 0.4) is 0 Å². The molecule has 1 aromatic rings. The van der Waals surface area contributed by atoms with Crippen molar-refractivity contribution in [1.82, 2.24) is 19.8 Å². The molecule has 184 valence electrons. The maximum absolute atomic E-state index is 12.6. The summed E-state index contributed by atoms with van der Waals surface area (Å²) < 4.78 is 37.9. The van der Waals surface area contributed by atoms with Gasteiger partial charge in [-0.05, 0) is 27.2 Å². The second-order valence-electron chi connectivity index (χ2n) is 8.46. The van der Waals surface area contributed by atoms with Crippen molar-refractivity contribution in [3.8, 4) is 0 Å². The molecule has 0 radical (unpaired) electrons. The van der Waals surface area contributed by atoms with E-state index in [1.54, 1.807) is 30.6 Å². The SMILES string of the molecule is CCC(/C=N/OCC(=O)N1CCN(c2ncc(C(F)(F)F)cn2)CC1)N(C(=O)O)C(C)(C)C. The monoisotopic (exact) mass is 474 g/mol. The van der Waals surface area contributed by atoms with E-state index in [4.69, 9.17) is 4.84 Å². The molecule has 0 aliphatic carbocycles. The predicted molar refractivity (Wildman–Crippen MR) is 114 cm³/mol. The van der Waals surface area contributed by atoms with E-state index in [-0.39, 0.29) is 18.5 Å². The maximum Gasteiger partial charge on any atom is 0.419 e. The minimum absolute atomic E-state index is 0.170. The highest BCUT2D eigenvalue weighted by Gasteiger charge is 2.33. The minimum Gasteiger partial charge on any atom is -0.465 e. The van der Waals surface area contributed by atoms with Gasteiger partial charge in [-0.25, -0.2) is 14.8 Å². The second-order valence-corrected chi connectivity index (χ2v) is 8.46. The van der Waals surface area contributed by atoms with Gasteiger partial charge in [0.1, 0.15) is 0 Å². The molecule has 2 amide bonds. The maximum atomic E-state index is 12.6. The minimum atomic E-state index is -4.50. The Morgan fingerprint density at radius 3 is 2.24 bits per heavy atom. The van der Waals surface area contributed by atoms with Crippen molar-refractivity contribution in [2.45, 2.75) is 51.9 Å². The predicted octanol–water partition coefficient (Wildman–Crippen LogP) is 2.70. The van der Waals surface area contributed by atoms with Crippen LogP contribution in [0.2, 0.25) is 0 Å². The van der Waals surface area contributed by atoms with Crippen LogP contribution >= 0.6 is 0 Å². The number of piperazine rings is 1. The van der Waals surface area contributed by atoms with Gasteiger partial charge in [0.2, 0.25) is 5.95 Å². The number of hydrogen-bond donors (Lipinski definition) is 1. The molecule has 1 N–H and O–H groups in total. The summed E-state index contributed by atoms with van der Waals surface area (Å²) in [4.78, 5) is 41.1. The summed E-state index contributed by atoms with van der Waals surface area (Å²) in [6.07, 6.45) is -2.25. The summed E-state index contributed by atoms with van der Waals surface area (Å²) in [6, 6.07) is -0.509. The number of anilines is 1. The summed E-state index contributed by atoms with van der Waals surface area (Å²) in [6.45, 7) is 8.20. The molecule has 1 unspecified atom stereocenters. The molecule has 1 aliphatic heterocycles. The van der Waals surface area contributed by atoms with Crippen molar-refractivity contribution in [2.75, 3.05) is 37.7 Å². The molecule has 0 saturated carbocycles. The summed E-state index contributed by atoms with van der Waals surface area (Å²) in [5.74, 6) is -0.137. The zero-order valence-corrected chi connectivity index (χ0v) is 19.0. The molecule has 2 heterocycles. The molecule has 1 aliphatic rings. The molecule has 2 rings (SSSR count). The third-order valence-electron chi connectivity index (χ3n) is 5.05. The number of aromatic nitrogens is 2. The number of alkyl halides is 3. The van der Waals surface area contributed by atoms with Crippen molar-refractivity contribution < 1.29 is 32.7 Å². The fraction of sp³-hybridized carbons (Fsp3) is 0.650. The largest absolute Gasteiger partial charge is 0.465 e. The molecule has 33 heavy (non-hydrogen) atoms. The van der Waals surface area contributed by atoms with E-state index in [0.29, 0.717) is 32.6 Å². The zero-order chi connectivity index (χ0) is 24.8. The van der Waals surface area contributed by atoms with Gasteiger partial charge in [-0.3, -0.25) is 9.69 Å². The van der Waals surface area contributed by atoms with Gasteiger partial charge in [-0.2, -0.15) is 13.2 Å². The molecule has 13 heteroatoms. The van der Waals surface area contributed by atoms with E-state index in [2.05, 4.69) is 15.1 Å².